The predicted molar refractivity (Wildman–Crippen MR) is 66.7 cm³/mol. The lowest BCUT2D eigenvalue weighted by Gasteiger charge is -2.28. The Morgan fingerprint density at radius 3 is 2.24 bits per heavy atom. The van der Waals surface area contributed by atoms with E-state index in [1.165, 1.54) is 0 Å². The van der Waals surface area contributed by atoms with E-state index in [4.69, 9.17) is 4.74 Å². The molecular formula is C12H24N2O3. The number of rotatable bonds is 6. The fourth-order valence-electron chi connectivity index (χ4n) is 1.38. The topological polar surface area (TPSA) is 58.6 Å². The summed E-state index contributed by atoms with van der Waals surface area (Å²) in [4.78, 5) is 24.7. The van der Waals surface area contributed by atoms with Crippen LogP contribution in [0, 0.1) is 5.92 Å². The first kappa shape index (κ1) is 15.7. The van der Waals surface area contributed by atoms with E-state index in [2.05, 4.69) is 5.32 Å². The minimum atomic E-state index is -0.408. The molecule has 0 aromatic heterocycles. The largest absolute Gasteiger partial charge is 0.465 e. The van der Waals surface area contributed by atoms with Gasteiger partial charge in [0.25, 0.3) is 0 Å². The van der Waals surface area contributed by atoms with E-state index in [-0.39, 0.29) is 18.6 Å². The molecule has 0 heterocycles. The van der Waals surface area contributed by atoms with Crippen LogP contribution in [-0.4, -0.2) is 42.6 Å². The Morgan fingerprint density at radius 1 is 1.24 bits per heavy atom. The number of carbonyl (C=O) groups is 2. The summed E-state index contributed by atoms with van der Waals surface area (Å²) in [5, 5.41) is 2.57. The van der Waals surface area contributed by atoms with E-state index >= 15 is 0 Å². The van der Waals surface area contributed by atoms with Crippen molar-refractivity contribution < 1.29 is 14.3 Å². The van der Waals surface area contributed by atoms with Crippen LogP contribution in [0.25, 0.3) is 0 Å². The molecule has 5 nitrogen and oxygen atoms in total. The predicted octanol–water partition coefficient (Wildman–Crippen LogP) is 1.63. The van der Waals surface area contributed by atoms with Gasteiger partial charge in [-0.3, -0.25) is 4.79 Å². The van der Waals surface area contributed by atoms with Gasteiger partial charge in [-0.05, 0) is 26.7 Å². The standard InChI is InChI=1S/C12H24N2O3/c1-6-17-11(15)7-13-12(16)14(10(4)5)8-9(2)3/h9-10H,6-8H2,1-5H3,(H,13,16). The first-order chi connectivity index (χ1) is 7.88. The summed E-state index contributed by atoms with van der Waals surface area (Å²) in [6, 6.07) is -0.110. The van der Waals surface area contributed by atoms with Crippen LogP contribution in [0.4, 0.5) is 4.79 Å². The van der Waals surface area contributed by atoms with Crippen molar-refractivity contribution in [3.05, 3.63) is 0 Å². The molecule has 0 aliphatic heterocycles. The summed E-state index contributed by atoms with van der Waals surface area (Å²) >= 11 is 0. The van der Waals surface area contributed by atoms with Crippen molar-refractivity contribution in [2.45, 2.75) is 40.7 Å². The first-order valence-corrected chi connectivity index (χ1v) is 6.08. The molecule has 0 aliphatic rings. The van der Waals surface area contributed by atoms with Gasteiger partial charge in [0, 0.05) is 12.6 Å². The van der Waals surface area contributed by atoms with Gasteiger partial charge in [0.05, 0.1) is 6.61 Å². The lowest BCUT2D eigenvalue weighted by Crippen LogP contribution is -2.47. The Labute approximate surface area is 103 Å². The van der Waals surface area contributed by atoms with Crippen LogP contribution in [0.5, 0.6) is 0 Å². The quantitative estimate of drug-likeness (QED) is 0.722. The third-order valence-corrected chi connectivity index (χ3v) is 2.14. The summed E-state index contributed by atoms with van der Waals surface area (Å²) in [6.45, 7) is 10.7. The number of esters is 1. The Balaban J connectivity index is 4.19. The van der Waals surface area contributed by atoms with E-state index < -0.39 is 5.97 Å². The minimum Gasteiger partial charge on any atom is -0.465 e. The molecule has 0 saturated heterocycles. The highest BCUT2D eigenvalue weighted by molar-refractivity contribution is 5.81. The number of nitrogens with one attached hydrogen (secondary N) is 1. The Morgan fingerprint density at radius 2 is 1.82 bits per heavy atom. The summed E-state index contributed by atoms with van der Waals surface area (Å²) in [5.74, 6) is -0.0140. The van der Waals surface area contributed by atoms with Crippen LogP contribution >= 0.6 is 0 Å². The maximum absolute atomic E-state index is 11.8. The van der Waals surface area contributed by atoms with Gasteiger partial charge < -0.3 is 15.0 Å². The van der Waals surface area contributed by atoms with Crippen LogP contribution < -0.4 is 5.32 Å². The van der Waals surface area contributed by atoms with Crippen LogP contribution in [-0.2, 0) is 9.53 Å². The molecule has 0 aromatic carbocycles. The van der Waals surface area contributed by atoms with Crippen LogP contribution in [0.15, 0.2) is 0 Å². The second-order valence-electron chi connectivity index (χ2n) is 4.60. The smallest absolute Gasteiger partial charge is 0.325 e. The SMILES string of the molecule is CCOC(=O)CNC(=O)N(CC(C)C)C(C)C. The first-order valence-electron chi connectivity index (χ1n) is 6.08. The van der Waals surface area contributed by atoms with Crippen molar-refractivity contribution in [2.24, 2.45) is 5.92 Å². The minimum absolute atomic E-state index is 0.0754. The van der Waals surface area contributed by atoms with E-state index in [0.29, 0.717) is 19.1 Å². The monoisotopic (exact) mass is 244 g/mol. The van der Waals surface area contributed by atoms with Crippen LogP contribution in [0.3, 0.4) is 0 Å². The van der Waals surface area contributed by atoms with Crippen molar-refractivity contribution in [3.8, 4) is 0 Å². The van der Waals surface area contributed by atoms with Gasteiger partial charge in [-0.25, -0.2) is 4.79 Å². The number of hydrogen-bond donors (Lipinski definition) is 1. The lowest BCUT2D eigenvalue weighted by molar-refractivity contribution is -0.141. The molecule has 2 amide bonds. The second kappa shape index (κ2) is 7.92. The third kappa shape index (κ3) is 6.81. The van der Waals surface area contributed by atoms with Gasteiger partial charge in [-0.15, -0.1) is 0 Å². The fourth-order valence-corrected chi connectivity index (χ4v) is 1.38. The maximum Gasteiger partial charge on any atom is 0.325 e. The Kier molecular flexibility index (Phi) is 7.34. The molecule has 0 aromatic rings. The number of carbonyl (C=O) groups excluding carboxylic acids is 2. The molecule has 5 heteroatoms. The highest BCUT2D eigenvalue weighted by Gasteiger charge is 2.18. The van der Waals surface area contributed by atoms with Gasteiger partial charge in [-0.1, -0.05) is 13.8 Å². The second-order valence-corrected chi connectivity index (χ2v) is 4.60. The van der Waals surface area contributed by atoms with Crippen molar-refractivity contribution in [3.63, 3.8) is 0 Å². The van der Waals surface area contributed by atoms with Crippen molar-refractivity contribution in [1.29, 1.82) is 0 Å². The van der Waals surface area contributed by atoms with Gasteiger partial charge in [-0.2, -0.15) is 0 Å². The molecule has 0 rings (SSSR count). The number of amides is 2. The fraction of sp³-hybridized carbons (Fsp3) is 0.833. The Hall–Kier alpha value is -1.26. The highest BCUT2D eigenvalue weighted by atomic mass is 16.5. The third-order valence-electron chi connectivity index (χ3n) is 2.14. The molecule has 1 N–H and O–H groups in total. The van der Waals surface area contributed by atoms with Crippen LogP contribution in [0.2, 0.25) is 0 Å². The lowest BCUT2D eigenvalue weighted by atomic mass is 10.2. The zero-order valence-corrected chi connectivity index (χ0v) is 11.4. The molecule has 0 aliphatic carbocycles. The van der Waals surface area contributed by atoms with Gasteiger partial charge in [0.15, 0.2) is 0 Å². The van der Waals surface area contributed by atoms with Crippen LogP contribution in [0.1, 0.15) is 34.6 Å². The average Bonchev–Trinajstić information content (AvgIpc) is 2.22. The van der Waals surface area contributed by atoms with Crippen molar-refractivity contribution >= 4 is 12.0 Å². The van der Waals surface area contributed by atoms with E-state index in [1.54, 1.807) is 11.8 Å². The molecular weight excluding hydrogens is 220 g/mol. The molecule has 100 valence electrons. The van der Waals surface area contributed by atoms with Crippen molar-refractivity contribution in [1.82, 2.24) is 10.2 Å². The number of urea groups is 1. The molecule has 0 radical (unpaired) electrons. The average molecular weight is 244 g/mol. The molecule has 0 bridgehead atoms. The zero-order chi connectivity index (χ0) is 13.4. The molecule has 0 fully saturated rings. The molecule has 0 unspecified atom stereocenters. The van der Waals surface area contributed by atoms with E-state index in [9.17, 15) is 9.59 Å². The van der Waals surface area contributed by atoms with E-state index in [1.807, 2.05) is 27.7 Å². The summed E-state index contributed by atoms with van der Waals surface area (Å²) < 4.78 is 4.74. The normalized spacial score (nSPS) is 10.5. The maximum atomic E-state index is 11.8. The zero-order valence-electron chi connectivity index (χ0n) is 11.4. The molecule has 0 saturated carbocycles. The molecule has 0 spiro atoms. The number of ether oxygens (including phenoxy) is 1. The highest BCUT2D eigenvalue weighted by Crippen LogP contribution is 2.04. The molecule has 17 heavy (non-hydrogen) atoms. The van der Waals surface area contributed by atoms with Gasteiger partial charge in [0.2, 0.25) is 0 Å². The van der Waals surface area contributed by atoms with E-state index in [0.717, 1.165) is 0 Å². The summed E-state index contributed by atoms with van der Waals surface area (Å²) in [6.07, 6.45) is 0. The van der Waals surface area contributed by atoms with Gasteiger partial charge >= 0.3 is 12.0 Å². The summed E-state index contributed by atoms with van der Waals surface area (Å²) in [5.41, 5.74) is 0. The number of nitrogens with zero attached hydrogens (tertiary/aromatic N) is 1. The van der Waals surface area contributed by atoms with Crippen molar-refractivity contribution in [2.75, 3.05) is 19.7 Å². The Bertz CT molecular complexity index is 252. The summed E-state index contributed by atoms with van der Waals surface area (Å²) in [7, 11) is 0. The molecule has 0 atom stereocenters. The number of hydrogen-bond acceptors (Lipinski definition) is 3. The van der Waals surface area contributed by atoms with Gasteiger partial charge in [0.1, 0.15) is 6.54 Å².